The molecule has 0 amide bonds. The van der Waals surface area contributed by atoms with Crippen molar-refractivity contribution in [3.05, 3.63) is 97.2 Å². The summed E-state index contributed by atoms with van der Waals surface area (Å²) in [5.41, 5.74) is 0. The number of carbonyl (C=O) groups is 3. The van der Waals surface area contributed by atoms with Gasteiger partial charge in [-0.25, -0.2) is 0 Å². The van der Waals surface area contributed by atoms with Crippen molar-refractivity contribution in [2.24, 2.45) is 0 Å². The van der Waals surface area contributed by atoms with Crippen LogP contribution in [-0.2, 0) is 28.6 Å². The Bertz CT molecular complexity index is 1610. The van der Waals surface area contributed by atoms with E-state index in [2.05, 4.69) is 106 Å². The van der Waals surface area contributed by atoms with Gasteiger partial charge in [0.1, 0.15) is 13.2 Å². The summed E-state index contributed by atoms with van der Waals surface area (Å²) in [5.74, 6) is -1.06. The largest absolute Gasteiger partial charge is 0.462 e. The van der Waals surface area contributed by atoms with Gasteiger partial charge >= 0.3 is 17.9 Å². The topological polar surface area (TPSA) is 78.9 Å². The Hall–Kier alpha value is -3.67. The van der Waals surface area contributed by atoms with Gasteiger partial charge in [-0.15, -0.1) is 0 Å². The van der Waals surface area contributed by atoms with Crippen LogP contribution in [0.3, 0.4) is 0 Å². The molecular formula is C77H134O6. The quantitative estimate of drug-likeness (QED) is 0.0261. The second kappa shape index (κ2) is 70.8. The van der Waals surface area contributed by atoms with E-state index in [0.717, 1.165) is 109 Å². The maximum atomic E-state index is 12.8. The highest BCUT2D eigenvalue weighted by molar-refractivity contribution is 5.72. The third-order valence-electron chi connectivity index (χ3n) is 15.6. The van der Waals surface area contributed by atoms with E-state index >= 15 is 0 Å². The smallest absolute Gasteiger partial charge is 0.310 e. The molecule has 0 radical (unpaired) electrons. The van der Waals surface area contributed by atoms with Crippen LogP contribution in [0.5, 0.6) is 0 Å². The molecule has 0 aromatic rings. The molecule has 0 heterocycles. The lowest BCUT2D eigenvalue weighted by molar-refractivity contribution is -0.166. The first kappa shape index (κ1) is 79.3. The molecule has 0 rings (SSSR count). The molecule has 0 saturated carbocycles. The molecule has 0 aromatic heterocycles. The number of carbonyl (C=O) groups excluding carboxylic acids is 3. The van der Waals surface area contributed by atoms with Crippen molar-refractivity contribution in [1.29, 1.82) is 0 Å². The molecule has 6 heteroatoms. The van der Waals surface area contributed by atoms with Gasteiger partial charge in [0.2, 0.25) is 0 Å². The van der Waals surface area contributed by atoms with Crippen molar-refractivity contribution in [2.75, 3.05) is 13.2 Å². The summed E-state index contributed by atoms with van der Waals surface area (Å²) in [6.45, 7) is 6.35. The van der Waals surface area contributed by atoms with Crippen molar-refractivity contribution in [3.8, 4) is 0 Å². The molecule has 1 unspecified atom stereocenters. The Morgan fingerprint density at radius 2 is 0.506 bits per heavy atom. The Balaban J connectivity index is 4.15. The number of unbranched alkanes of at least 4 members (excludes halogenated alkanes) is 39. The maximum absolute atomic E-state index is 12.8. The molecule has 6 nitrogen and oxygen atoms in total. The van der Waals surface area contributed by atoms with E-state index in [9.17, 15) is 14.4 Å². The number of allylic oxidation sites excluding steroid dienone is 15. The Morgan fingerprint density at radius 1 is 0.265 bits per heavy atom. The van der Waals surface area contributed by atoms with Crippen molar-refractivity contribution in [3.63, 3.8) is 0 Å². The van der Waals surface area contributed by atoms with Gasteiger partial charge in [0.15, 0.2) is 6.10 Å². The highest BCUT2D eigenvalue weighted by atomic mass is 16.6. The van der Waals surface area contributed by atoms with Gasteiger partial charge in [-0.1, -0.05) is 356 Å². The van der Waals surface area contributed by atoms with Gasteiger partial charge in [-0.2, -0.15) is 0 Å². The van der Waals surface area contributed by atoms with Crippen LogP contribution >= 0.6 is 0 Å². The fourth-order valence-corrected chi connectivity index (χ4v) is 10.4. The zero-order chi connectivity index (χ0) is 59.9. The second-order valence-electron chi connectivity index (χ2n) is 23.8. The molecule has 0 aliphatic carbocycles. The maximum Gasteiger partial charge on any atom is 0.310 e. The van der Waals surface area contributed by atoms with Gasteiger partial charge in [-0.05, 0) is 77.0 Å². The third-order valence-corrected chi connectivity index (χ3v) is 15.6. The minimum atomic E-state index is -0.840. The Morgan fingerprint density at radius 3 is 0.795 bits per heavy atom. The predicted molar refractivity (Wildman–Crippen MR) is 362 cm³/mol. The molecule has 0 saturated heterocycles. The van der Waals surface area contributed by atoms with Crippen LogP contribution in [0.2, 0.25) is 0 Å². The molecule has 0 bridgehead atoms. The predicted octanol–water partition coefficient (Wildman–Crippen LogP) is 24.8. The van der Waals surface area contributed by atoms with E-state index in [-0.39, 0.29) is 31.6 Å². The fraction of sp³-hybridized carbons (Fsp3) is 0.753. The highest BCUT2D eigenvalue weighted by Crippen LogP contribution is 2.18. The van der Waals surface area contributed by atoms with Gasteiger partial charge in [0, 0.05) is 12.8 Å². The highest BCUT2D eigenvalue weighted by Gasteiger charge is 2.19. The average molecular weight is 1160 g/mol. The summed E-state index contributed by atoms with van der Waals surface area (Å²) >= 11 is 0. The van der Waals surface area contributed by atoms with Gasteiger partial charge in [-0.3, -0.25) is 14.4 Å². The van der Waals surface area contributed by atoms with Crippen molar-refractivity contribution < 1.29 is 28.6 Å². The minimum Gasteiger partial charge on any atom is -0.462 e. The van der Waals surface area contributed by atoms with Crippen LogP contribution in [0.4, 0.5) is 0 Å². The lowest BCUT2D eigenvalue weighted by Gasteiger charge is -2.18. The first-order chi connectivity index (χ1) is 41.0. The van der Waals surface area contributed by atoms with Crippen LogP contribution in [0, 0.1) is 0 Å². The SMILES string of the molecule is CC/C=C\C/C=C\C/C=C\C/C=C\C/C=C\CC(=O)OC(COC(=O)CCCCCCC/C=C\C/C=C\C/C=C\CC)COC(=O)CCCCCCCCCCCCCCCCCCCCCCCCCCCCCCCCCCCCC. The summed E-state index contributed by atoms with van der Waals surface area (Å²) in [4.78, 5) is 38.3. The van der Waals surface area contributed by atoms with Gasteiger partial charge in [0.25, 0.3) is 0 Å². The van der Waals surface area contributed by atoms with E-state index in [1.165, 1.54) is 205 Å². The van der Waals surface area contributed by atoms with Crippen LogP contribution < -0.4 is 0 Å². The van der Waals surface area contributed by atoms with Crippen molar-refractivity contribution in [2.45, 2.75) is 361 Å². The fourth-order valence-electron chi connectivity index (χ4n) is 10.4. The van der Waals surface area contributed by atoms with Crippen molar-refractivity contribution >= 4 is 17.9 Å². The first-order valence-corrected chi connectivity index (χ1v) is 35.7. The molecule has 1 atom stereocenters. The van der Waals surface area contributed by atoms with E-state index in [1.54, 1.807) is 6.08 Å². The Kier molecular flexibility index (Phi) is 67.7. The lowest BCUT2D eigenvalue weighted by atomic mass is 10.0. The number of hydrogen-bond donors (Lipinski definition) is 0. The number of ether oxygens (including phenoxy) is 3. The normalized spacial score (nSPS) is 12.7. The number of esters is 3. The van der Waals surface area contributed by atoms with Gasteiger partial charge < -0.3 is 14.2 Å². The summed E-state index contributed by atoms with van der Waals surface area (Å²) in [5, 5.41) is 0. The Labute approximate surface area is 515 Å². The molecule has 83 heavy (non-hydrogen) atoms. The van der Waals surface area contributed by atoms with Crippen LogP contribution in [0.25, 0.3) is 0 Å². The third kappa shape index (κ3) is 69.0. The van der Waals surface area contributed by atoms with Gasteiger partial charge in [0.05, 0.1) is 6.42 Å². The average Bonchev–Trinajstić information content (AvgIpc) is 3.50. The molecule has 0 spiro atoms. The molecular weight excluding hydrogens is 1020 g/mol. The molecule has 0 aromatic carbocycles. The van der Waals surface area contributed by atoms with E-state index in [4.69, 9.17) is 14.2 Å². The number of hydrogen-bond acceptors (Lipinski definition) is 6. The van der Waals surface area contributed by atoms with Crippen LogP contribution in [0.15, 0.2) is 97.2 Å². The molecule has 0 fully saturated rings. The van der Waals surface area contributed by atoms with Crippen LogP contribution in [0.1, 0.15) is 355 Å². The first-order valence-electron chi connectivity index (χ1n) is 35.7. The molecule has 0 aliphatic heterocycles. The second-order valence-corrected chi connectivity index (χ2v) is 23.8. The monoisotopic (exact) mass is 1160 g/mol. The number of rotatable bonds is 65. The zero-order valence-electron chi connectivity index (χ0n) is 54.9. The van der Waals surface area contributed by atoms with Crippen molar-refractivity contribution in [1.82, 2.24) is 0 Å². The lowest BCUT2D eigenvalue weighted by Crippen LogP contribution is -2.30. The summed E-state index contributed by atoms with van der Waals surface area (Å²) < 4.78 is 16.8. The summed E-state index contributed by atoms with van der Waals surface area (Å²) in [7, 11) is 0. The zero-order valence-corrected chi connectivity index (χ0v) is 54.9. The molecule has 0 N–H and O–H groups in total. The minimum absolute atomic E-state index is 0.0927. The summed E-state index contributed by atoms with van der Waals surface area (Å²) in [6.07, 6.45) is 96.5. The van der Waals surface area contributed by atoms with E-state index in [0.29, 0.717) is 12.8 Å². The standard InChI is InChI=1S/C77H134O6/c1-4-7-10-13-16-19-22-25-28-29-30-31-32-33-34-35-36-37-38-39-40-41-42-43-44-45-46-47-50-52-55-58-61-64-67-70-76(79)82-73-74(83-77(80)71-68-65-62-59-56-53-49-27-24-21-18-15-12-9-6-3)72-81-75(78)69-66-63-60-57-54-51-48-26-23-20-17-14-11-8-5-2/h8-9,11-12,17-18,20-21,26-27,48-49,56,59,65,68,74H,4-7,10,13-16,19,22-25,28-47,50-55,57-58,60-64,66-67,69-73H2,1-3H3/b11-8-,12-9-,20-17-,21-18-,48-26-,49-27-,59-56-,68-65-. The summed E-state index contributed by atoms with van der Waals surface area (Å²) in [6, 6.07) is 0. The van der Waals surface area contributed by atoms with E-state index < -0.39 is 12.1 Å². The van der Waals surface area contributed by atoms with E-state index in [1.807, 2.05) is 6.08 Å². The molecule has 0 aliphatic rings. The van der Waals surface area contributed by atoms with Crippen LogP contribution in [-0.4, -0.2) is 37.2 Å². The molecule has 478 valence electrons.